The Labute approximate surface area is 163 Å². The second kappa shape index (κ2) is 7.54. The summed E-state index contributed by atoms with van der Waals surface area (Å²) in [5, 5.41) is 4.07. The van der Waals surface area contributed by atoms with Crippen LogP contribution < -0.4 is 5.32 Å². The number of aryl methyl sites for hydroxylation is 1. The predicted molar refractivity (Wildman–Crippen MR) is 108 cm³/mol. The number of hydrogen-bond donors (Lipinski definition) is 1. The Hall–Kier alpha value is -3.02. The summed E-state index contributed by atoms with van der Waals surface area (Å²) in [5.74, 6) is 0.301. The fraction of sp³-hybridized carbons (Fsp3) is 0.318. The van der Waals surface area contributed by atoms with Crippen molar-refractivity contribution in [2.75, 3.05) is 18.4 Å². The molecule has 28 heavy (non-hydrogen) atoms. The van der Waals surface area contributed by atoms with Gasteiger partial charge in [0.05, 0.1) is 11.3 Å². The Morgan fingerprint density at radius 2 is 1.86 bits per heavy atom. The number of piperidine rings is 1. The largest absolute Gasteiger partial charge is 0.354 e. The van der Waals surface area contributed by atoms with Crippen molar-refractivity contribution in [1.82, 2.24) is 14.9 Å². The molecule has 1 amide bonds. The number of likely N-dealkylation sites (tertiary alicyclic amines) is 1. The monoisotopic (exact) mass is 378 g/mol. The standard InChI is InChI=1S/C22H23FN4O/c1-14-9-11-27(12-10-14)22(28)19-13-24-21-18(8-3-15(2)25-21)20(19)26-17-6-4-16(23)5-7-17/h3-8,13-14H,9-12H2,1-2H3,(H,24,25,26). The maximum absolute atomic E-state index is 13.3. The zero-order valence-corrected chi connectivity index (χ0v) is 16.1. The molecule has 0 spiro atoms. The minimum Gasteiger partial charge on any atom is -0.354 e. The first kappa shape index (κ1) is 18.3. The molecule has 0 saturated carbocycles. The van der Waals surface area contributed by atoms with E-state index in [0.29, 0.717) is 28.5 Å². The van der Waals surface area contributed by atoms with Crippen molar-refractivity contribution < 1.29 is 9.18 Å². The zero-order chi connectivity index (χ0) is 19.7. The molecule has 0 atom stereocenters. The lowest BCUT2D eigenvalue weighted by molar-refractivity contribution is 0.0698. The van der Waals surface area contributed by atoms with Gasteiger partial charge < -0.3 is 10.2 Å². The quantitative estimate of drug-likeness (QED) is 0.718. The van der Waals surface area contributed by atoms with Crippen LogP contribution in [0.15, 0.2) is 42.6 Å². The molecule has 1 aromatic carbocycles. The Morgan fingerprint density at radius 1 is 1.14 bits per heavy atom. The highest BCUT2D eigenvalue weighted by atomic mass is 19.1. The van der Waals surface area contributed by atoms with Gasteiger partial charge in [-0.25, -0.2) is 14.4 Å². The number of nitrogens with one attached hydrogen (secondary N) is 1. The lowest BCUT2D eigenvalue weighted by Gasteiger charge is -2.31. The van der Waals surface area contributed by atoms with Crippen molar-refractivity contribution in [2.45, 2.75) is 26.7 Å². The lowest BCUT2D eigenvalue weighted by Crippen LogP contribution is -2.38. The number of anilines is 2. The molecule has 3 aromatic rings. The van der Waals surface area contributed by atoms with Gasteiger partial charge in [0, 0.05) is 36.1 Å². The molecule has 1 aliphatic heterocycles. The number of hydrogen-bond acceptors (Lipinski definition) is 4. The van der Waals surface area contributed by atoms with E-state index in [-0.39, 0.29) is 11.7 Å². The van der Waals surface area contributed by atoms with Gasteiger partial charge in [0.15, 0.2) is 5.65 Å². The fourth-order valence-electron chi connectivity index (χ4n) is 3.53. The molecular formula is C22H23FN4O. The highest BCUT2D eigenvalue weighted by molar-refractivity contribution is 6.07. The van der Waals surface area contributed by atoms with Gasteiger partial charge in [-0.1, -0.05) is 6.92 Å². The minimum atomic E-state index is -0.304. The molecule has 1 saturated heterocycles. The number of pyridine rings is 2. The van der Waals surface area contributed by atoms with E-state index >= 15 is 0 Å². The SMILES string of the molecule is Cc1ccc2c(Nc3ccc(F)cc3)c(C(=O)N3CCC(C)CC3)cnc2n1. The summed E-state index contributed by atoms with van der Waals surface area (Å²) in [5.41, 5.74) is 3.31. The van der Waals surface area contributed by atoms with Gasteiger partial charge in [0.25, 0.3) is 5.91 Å². The Bertz CT molecular complexity index is 1010. The molecule has 2 aromatic heterocycles. The van der Waals surface area contributed by atoms with Gasteiger partial charge in [-0.15, -0.1) is 0 Å². The Kier molecular flexibility index (Phi) is 4.94. The van der Waals surface area contributed by atoms with Gasteiger partial charge in [0.1, 0.15) is 5.82 Å². The molecular weight excluding hydrogens is 355 g/mol. The first-order chi connectivity index (χ1) is 13.5. The van der Waals surface area contributed by atoms with Gasteiger partial charge in [-0.2, -0.15) is 0 Å². The average molecular weight is 378 g/mol. The highest BCUT2D eigenvalue weighted by Gasteiger charge is 2.25. The number of aromatic nitrogens is 2. The number of nitrogens with zero attached hydrogens (tertiary/aromatic N) is 3. The van der Waals surface area contributed by atoms with E-state index in [1.165, 1.54) is 12.1 Å². The molecule has 1 aliphatic rings. The first-order valence-corrected chi connectivity index (χ1v) is 9.59. The molecule has 1 fully saturated rings. The Morgan fingerprint density at radius 3 is 2.57 bits per heavy atom. The van der Waals surface area contributed by atoms with Gasteiger partial charge in [-0.3, -0.25) is 4.79 Å². The number of halogens is 1. The lowest BCUT2D eigenvalue weighted by atomic mass is 9.98. The number of carbonyl (C=O) groups excluding carboxylic acids is 1. The van der Waals surface area contributed by atoms with Crippen LogP contribution in [-0.4, -0.2) is 33.9 Å². The van der Waals surface area contributed by atoms with Crippen molar-refractivity contribution >= 4 is 28.3 Å². The molecule has 144 valence electrons. The third-order valence-corrected chi connectivity index (χ3v) is 5.28. The maximum atomic E-state index is 13.3. The first-order valence-electron chi connectivity index (χ1n) is 9.59. The summed E-state index contributed by atoms with van der Waals surface area (Å²) >= 11 is 0. The van der Waals surface area contributed by atoms with Gasteiger partial charge >= 0.3 is 0 Å². The van der Waals surface area contributed by atoms with E-state index in [1.807, 2.05) is 24.0 Å². The summed E-state index contributed by atoms with van der Waals surface area (Å²) in [4.78, 5) is 24.0. The summed E-state index contributed by atoms with van der Waals surface area (Å²) < 4.78 is 13.3. The average Bonchev–Trinajstić information content (AvgIpc) is 2.70. The molecule has 4 rings (SSSR count). The van der Waals surface area contributed by atoms with Crippen LogP contribution in [-0.2, 0) is 0 Å². The molecule has 1 N–H and O–H groups in total. The second-order valence-corrected chi connectivity index (χ2v) is 7.48. The van der Waals surface area contributed by atoms with E-state index in [4.69, 9.17) is 0 Å². The minimum absolute atomic E-state index is 0.0357. The number of fused-ring (bicyclic) bond motifs is 1. The van der Waals surface area contributed by atoms with Crippen molar-refractivity contribution in [3.8, 4) is 0 Å². The number of benzene rings is 1. The van der Waals surface area contributed by atoms with E-state index in [0.717, 1.165) is 37.0 Å². The van der Waals surface area contributed by atoms with E-state index < -0.39 is 0 Å². The third-order valence-electron chi connectivity index (χ3n) is 5.28. The third kappa shape index (κ3) is 3.67. The molecule has 6 heteroatoms. The summed E-state index contributed by atoms with van der Waals surface area (Å²) in [7, 11) is 0. The molecule has 0 radical (unpaired) electrons. The molecule has 0 aliphatic carbocycles. The van der Waals surface area contributed by atoms with E-state index in [9.17, 15) is 9.18 Å². The molecule has 5 nitrogen and oxygen atoms in total. The van der Waals surface area contributed by atoms with Crippen molar-refractivity contribution in [3.63, 3.8) is 0 Å². The molecule has 3 heterocycles. The number of rotatable bonds is 3. The zero-order valence-electron chi connectivity index (χ0n) is 16.1. The van der Waals surface area contributed by atoms with Crippen LogP contribution in [0, 0.1) is 18.7 Å². The van der Waals surface area contributed by atoms with Crippen LogP contribution in [0.5, 0.6) is 0 Å². The second-order valence-electron chi connectivity index (χ2n) is 7.48. The van der Waals surface area contributed by atoms with Crippen LogP contribution in [0.25, 0.3) is 11.0 Å². The van der Waals surface area contributed by atoms with E-state index in [2.05, 4.69) is 22.2 Å². The summed E-state index contributed by atoms with van der Waals surface area (Å²) in [6.07, 6.45) is 3.61. The smallest absolute Gasteiger partial charge is 0.257 e. The normalized spacial score (nSPS) is 15.0. The van der Waals surface area contributed by atoms with Crippen molar-refractivity contribution in [2.24, 2.45) is 5.92 Å². The van der Waals surface area contributed by atoms with Crippen LogP contribution in [0.1, 0.15) is 35.8 Å². The highest BCUT2D eigenvalue weighted by Crippen LogP contribution is 2.30. The number of amides is 1. The van der Waals surface area contributed by atoms with Crippen LogP contribution >= 0.6 is 0 Å². The topological polar surface area (TPSA) is 58.1 Å². The summed E-state index contributed by atoms with van der Waals surface area (Å²) in [6.45, 7) is 5.62. The van der Waals surface area contributed by atoms with Crippen LogP contribution in [0.4, 0.5) is 15.8 Å². The number of carbonyl (C=O) groups is 1. The van der Waals surface area contributed by atoms with Crippen LogP contribution in [0.3, 0.4) is 0 Å². The van der Waals surface area contributed by atoms with Crippen LogP contribution in [0.2, 0.25) is 0 Å². The van der Waals surface area contributed by atoms with Crippen molar-refractivity contribution in [1.29, 1.82) is 0 Å². The molecule has 0 bridgehead atoms. The molecule has 0 unspecified atom stereocenters. The Balaban J connectivity index is 1.77. The van der Waals surface area contributed by atoms with Gasteiger partial charge in [0.2, 0.25) is 0 Å². The maximum Gasteiger partial charge on any atom is 0.257 e. The van der Waals surface area contributed by atoms with E-state index in [1.54, 1.807) is 18.3 Å². The van der Waals surface area contributed by atoms with Crippen molar-refractivity contribution in [3.05, 3.63) is 59.7 Å². The summed E-state index contributed by atoms with van der Waals surface area (Å²) in [6, 6.07) is 9.91. The predicted octanol–water partition coefficient (Wildman–Crippen LogP) is 4.69. The fourth-order valence-corrected chi connectivity index (χ4v) is 3.53. The van der Waals surface area contributed by atoms with Gasteiger partial charge in [-0.05, 0) is 62.1 Å².